The number of likely N-dealkylation sites (N-methyl/N-ethyl adjacent to an activating group) is 1. The van der Waals surface area contributed by atoms with Crippen LogP contribution in [-0.4, -0.2) is 36.4 Å². The molecule has 0 saturated carbocycles. The van der Waals surface area contributed by atoms with Gasteiger partial charge in [-0.15, -0.1) is 0 Å². The minimum absolute atomic E-state index is 0.0671. The van der Waals surface area contributed by atoms with Crippen molar-refractivity contribution in [3.8, 4) is 5.75 Å². The number of benzene rings is 2. The summed E-state index contributed by atoms with van der Waals surface area (Å²) < 4.78 is 19.0. The first-order valence-corrected chi connectivity index (χ1v) is 8.63. The van der Waals surface area contributed by atoms with E-state index in [1.54, 1.807) is 29.2 Å². The Balaban J connectivity index is 1.77. The topological polar surface area (TPSA) is 49.9 Å². The second-order valence-corrected chi connectivity index (χ2v) is 6.08. The van der Waals surface area contributed by atoms with Gasteiger partial charge in [-0.25, -0.2) is 4.39 Å². The summed E-state index contributed by atoms with van der Waals surface area (Å²) in [5.74, 6) is -0.0778. The van der Waals surface area contributed by atoms with Crippen LogP contribution in [-0.2, 0) is 16.1 Å². The van der Waals surface area contributed by atoms with E-state index in [-0.39, 0.29) is 30.6 Å². The first-order valence-electron chi connectivity index (χ1n) is 8.63. The second kappa shape index (κ2) is 7.99. The summed E-state index contributed by atoms with van der Waals surface area (Å²) in [7, 11) is 0. The zero-order valence-corrected chi connectivity index (χ0v) is 14.7. The number of para-hydroxylation sites is 2. The highest BCUT2D eigenvalue weighted by atomic mass is 19.1. The quantitative estimate of drug-likeness (QED) is 0.828. The van der Waals surface area contributed by atoms with E-state index in [0.717, 1.165) is 0 Å². The molecule has 0 bridgehead atoms. The van der Waals surface area contributed by atoms with Gasteiger partial charge in [-0.3, -0.25) is 14.5 Å². The van der Waals surface area contributed by atoms with Crippen LogP contribution in [0, 0.1) is 5.82 Å². The van der Waals surface area contributed by atoms with Crippen molar-refractivity contribution in [2.45, 2.75) is 19.9 Å². The van der Waals surface area contributed by atoms with Crippen LogP contribution in [0.4, 0.5) is 10.1 Å². The number of halogens is 1. The number of anilines is 1. The molecule has 2 aromatic carbocycles. The zero-order chi connectivity index (χ0) is 18.5. The van der Waals surface area contributed by atoms with E-state index in [0.29, 0.717) is 36.7 Å². The van der Waals surface area contributed by atoms with E-state index >= 15 is 0 Å². The van der Waals surface area contributed by atoms with Gasteiger partial charge >= 0.3 is 0 Å². The lowest BCUT2D eigenvalue weighted by Gasteiger charge is -2.26. The predicted molar refractivity (Wildman–Crippen MR) is 96.4 cm³/mol. The molecular formula is C20H21FN2O3. The van der Waals surface area contributed by atoms with Gasteiger partial charge in [0, 0.05) is 13.1 Å². The van der Waals surface area contributed by atoms with Gasteiger partial charge in [-0.2, -0.15) is 0 Å². The Kier molecular flexibility index (Phi) is 5.51. The SMILES string of the molecule is CCN(Cc1cccc(F)c1)C(=O)CN1C(=O)CCOc2ccccc21. The molecule has 0 unspecified atom stereocenters. The molecule has 136 valence electrons. The monoisotopic (exact) mass is 356 g/mol. The van der Waals surface area contributed by atoms with Gasteiger partial charge in [0.1, 0.15) is 18.1 Å². The predicted octanol–water partition coefficient (Wildman–Crippen LogP) is 2.99. The fourth-order valence-corrected chi connectivity index (χ4v) is 2.96. The average molecular weight is 356 g/mol. The number of rotatable bonds is 5. The highest BCUT2D eigenvalue weighted by molar-refractivity contribution is 6.00. The summed E-state index contributed by atoms with van der Waals surface area (Å²) in [6.07, 6.45) is 0.220. The molecule has 1 aliphatic heterocycles. The summed E-state index contributed by atoms with van der Waals surface area (Å²) in [5, 5.41) is 0. The van der Waals surface area contributed by atoms with Crippen LogP contribution in [0.15, 0.2) is 48.5 Å². The lowest BCUT2D eigenvalue weighted by Crippen LogP contribution is -2.42. The molecule has 0 atom stereocenters. The maximum Gasteiger partial charge on any atom is 0.242 e. The second-order valence-electron chi connectivity index (χ2n) is 6.08. The van der Waals surface area contributed by atoms with Crippen molar-refractivity contribution in [3.63, 3.8) is 0 Å². The maximum absolute atomic E-state index is 13.4. The number of nitrogens with zero attached hydrogens (tertiary/aromatic N) is 2. The van der Waals surface area contributed by atoms with Gasteiger partial charge < -0.3 is 9.64 Å². The Hall–Kier alpha value is -2.89. The smallest absolute Gasteiger partial charge is 0.242 e. The van der Waals surface area contributed by atoms with Crippen molar-refractivity contribution in [3.05, 3.63) is 59.9 Å². The summed E-state index contributed by atoms with van der Waals surface area (Å²) in [5.41, 5.74) is 1.32. The normalized spacial score (nSPS) is 13.6. The summed E-state index contributed by atoms with van der Waals surface area (Å²) >= 11 is 0. The molecule has 0 aliphatic carbocycles. The molecule has 5 nitrogen and oxygen atoms in total. The van der Waals surface area contributed by atoms with Crippen molar-refractivity contribution in [2.24, 2.45) is 0 Å². The fraction of sp³-hybridized carbons (Fsp3) is 0.300. The minimum Gasteiger partial charge on any atom is -0.491 e. The number of ether oxygens (including phenoxy) is 1. The van der Waals surface area contributed by atoms with Crippen LogP contribution < -0.4 is 9.64 Å². The molecule has 0 aromatic heterocycles. The molecule has 3 rings (SSSR count). The van der Waals surface area contributed by atoms with Crippen LogP contribution in [0.5, 0.6) is 5.75 Å². The maximum atomic E-state index is 13.4. The molecule has 0 fully saturated rings. The van der Waals surface area contributed by atoms with E-state index in [1.807, 2.05) is 19.1 Å². The summed E-state index contributed by atoms with van der Waals surface area (Å²) in [6.45, 7) is 2.85. The molecule has 0 radical (unpaired) electrons. The van der Waals surface area contributed by atoms with Crippen LogP contribution >= 0.6 is 0 Å². The standard InChI is InChI=1S/C20H21FN2O3/c1-2-22(13-15-6-5-7-16(21)12-15)20(25)14-23-17-8-3-4-9-18(17)26-11-10-19(23)24/h3-9,12H,2,10-11,13-14H2,1H3. The van der Waals surface area contributed by atoms with E-state index in [9.17, 15) is 14.0 Å². The van der Waals surface area contributed by atoms with Crippen LogP contribution in [0.1, 0.15) is 18.9 Å². The molecule has 0 N–H and O–H groups in total. The molecule has 0 saturated heterocycles. The number of fused-ring (bicyclic) bond motifs is 1. The Bertz CT molecular complexity index is 809. The third kappa shape index (κ3) is 4.02. The van der Waals surface area contributed by atoms with Crippen LogP contribution in [0.2, 0.25) is 0 Å². The van der Waals surface area contributed by atoms with Gasteiger partial charge in [-0.05, 0) is 36.8 Å². The van der Waals surface area contributed by atoms with E-state index in [1.165, 1.54) is 17.0 Å². The summed E-state index contributed by atoms with van der Waals surface area (Å²) in [4.78, 5) is 28.3. The Morgan fingerprint density at radius 1 is 1.23 bits per heavy atom. The Morgan fingerprint density at radius 3 is 2.81 bits per heavy atom. The van der Waals surface area contributed by atoms with E-state index < -0.39 is 0 Å². The molecule has 2 amide bonds. The number of hydrogen-bond acceptors (Lipinski definition) is 3. The number of carbonyl (C=O) groups excluding carboxylic acids is 2. The van der Waals surface area contributed by atoms with Crippen molar-refractivity contribution < 1.29 is 18.7 Å². The fourth-order valence-electron chi connectivity index (χ4n) is 2.96. The van der Waals surface area contributed by atoms with Gasteiger partial charge in [0.25, 0.3) is 0 Å². The first kappa shape index (κ1) is 17.9. The molecule has 6 heteroatoms. The molecule has 1 aliphatic rings. The molecule has 1 heterocycles. The van der Waals surface area contributed by atoms with Gasteiger partial charge in [0.2, 0.25) is 11.8 Å². The van der Waals surface area contributed by atoms with Crippen molar-refractivity contribution in [1.82, 2.24) is 4.90 Å². The lowest BCUT2D eigenvalue weighted by molar-refractivity contribution is -0.131. The van der Waals surface area contributed by atoms with Gasteiger partial charge in [-0.1, -0.05) is 24.3 Å². The van der Waals surface area contributed by atoms with E-state index in [2.05, 4.69) is 0 Å². The number of carbonyl (C=O) groups is 2. The van der Waals surface area contributed by atoms with E-state index in [4.69, 9.17) is 4.74 Å². The highest BCUT2D eigenvalue weighted by Gasteiger charge is 2.26. The average Bonchev–Trinajstić information content (AvgIpc) is 2.79. The molecule has 2 aromatic rings. The van der Waals surface area contributed by atoms with Crippen molar-refractivity contribution in [2.75, 3.05) is 24.6 Å². The minimum atomic E-state index is -0.334. The summed E-state index contributed by atoms with van der Waals surface area (Å²) in [6, 6.07) is 13.4. The van der Waals surface area contributed by atoms with Crippen LogP contribution in [0.3, 0.4) is 0 Å². The highest BCUT2D eigenvalue weighted by Crippen LogP contribution is 2.30. The van der Waals surface area contributed by atoms with Gasteiger partial charge in [0.05, 0.1) is 18.7 Å². The van der Waals surface area contributed by atoms with Crippen molar-refractivity contribution >= 4 is 17.5 Å². The Labute approximate surface area is 152 Å². The van der Waals surface area contributed by atoms with Gasteiger partial charge in [0.15, 0.2) is 0 Å². The zero-order valence-electron chi connectivity index (χ0n) is 14.7. The molecule has 0 spiro atoms. The lowest BCUT2D eigenvalue weighted by atomic mass is 10.2. The number of hydrogen-bond donors (Lipinski definition) is 0. The molecule has 26 heavy (non-hydrogen) atoms. The third-order valence-electron chi connectivity index (χ3n) is 4.32. The van der Waals surface area contributed by atoms with Crippen molar-refractivity contribution in [1.29, 1.82) is 0 Å². The largest absolute Gasteiger partial charge is 0.491 e. The first-order chi connectivity index (χ1) is 12.6. The molecular weight excluding hydrogens is 335 g/mol. The Morgan fingerprint density at radius 2 is 2.04 bits per heavy atom. The van der Waals surface area contributed by atoms with Crippen LogP contribution in [0.25, 0.3) is 0 Å². The number of amides is 2. The third-order valence-corrected chi connectivity index (χ3v) is 4.32.